The predicted molar refractivity (Wildman–Crippen MR) is 82.8 cm³/mol. The third-order valence-electron chi connectivity index (χ3n) is 2.66. The van der Waals surface area contributed by atoms with E-state index in [9.17, 15) is 14.9 Å². The summed E-state index contributed by atoms with van der Waals surface area (Å²) >= 11 is 6.39. The number of anilines is 1. The van der Waals surface area contributed by atoms with Gasteiger partial charge in [-0.2, -0.15) is 0 Å². The van der Waals surface area contributed by atoms with Crippen LogP contribution in [0.2, 0.25) is 0 Å². The molecule has 0 aliphatic carbocycles. The fourth-order valence-corrected chi connectivity index (χ4v) is 2.46. The average Bonchev–Trinajstić information content (AvgIpc) is 2.37. The summed E-state index contributed by atoms with van der Waals surface area (Å²) in [5, 5.41) is 11.0. The van der Waals surface area contributed by atoms with Gasteiger partial charge in [0.25, 0.3) is 5.69 Å². The number of carbonyl (C=O) groups excluding carboxylic acids is 1. The lowest BCUT2D eigenvalue weighted by atomic mass is 10.0. The van der Waals surface area contributed by atoms with Gasteiger partial charge >= 0.3 is 0 Å². The second kappa shape index (κ2) is 5.72. The number of hydrogen-bond donors (Lipinski definition) is 1. The van der Waals surface area contributed by atoms with Gasteiger partial charge in [0.05, 0.1) is 4.92 Å². The first-order chi connectivity index (χ1) is 9.40. The summed E-state index contributed by atoms with van der Waals surface area (Å²) in [5.74, 6) is -0.478. The molecule has 0 saturated carbocycles. The fraction of sp³-hybridized carbons (Fsp3) is 0. The van der Waals surface area contributed by atoms with Crippen LogP contribution in [-0.2, 0) is 0 Å². The van der Waals surface area contributed by atoms with E-state index in [0.29, 0.717) is 4.47 Å². The first-order valence-corrected chi connectivity index (χ1v) is 7.02. The van der Waals surface area contributed by atoms with E-state index in [1.54, 1.807) is 18.2 Å². The first-order valence-electron chi connectivity index (χ1n) is 5.44. The quantitative estimate of drug-likeness (QED) is 0.366. The van der Waals surface area contributed by atoms with Crippen molar-refractivity contribution in [2.24, 2.45) is 0 Å². The molecule has 0 atom stereocenters. The molecule has 2 aromatic rings. The Morgan fingerprint density at radius 1 is 1.05 bits per heavy atom. The van der Waals surface area contributed by atoms with E-state index in [1.165, 1.54) is 18.2 Å². The molecule has 2 aromatic carbocycles. The van der Waals surface area contributed by atoms with Crippen LogP contribution in [0, 0.1) is 10.1 Å². The van der Waals surface area contributed by atoms with Crippen LogP contribution in [-0.4, -0.2) is 10.7 Å². The number of ketones is 1. The van der Waals surface area contributed by atoms with Crippen LogP contribution >= 0.6 is 31.9 Å². The maximum absolute atomic E-state index is 12.4. The van der Waals surface area contributed by atoms with Gasteiger partial charge < -0.3 is 5.73 Å². The van der Waals surface area contributed by atoms with Crippen molar-refractivity contribution >= 4 is 49.0 Å². The number of benzene rings is 2. The summed E-state index contributed by atoms with van der Waals surface area (Å²) in [6, 6.07) is 9.06. The van der Waals surface area contributed by atoms with Crippen molar-refractivity contribution in [1.82, 2.24) is 0 Å². The summed E-state index contributed by atoms with van der Waals surface area (Å²) in [6.07, 6.45) is 0. The number of rotatable bonds is 3. The van der Waals surface area contributed by atoms with Gasteiger partial charge in [-0.1, -0.05) is 31.9 Å². The third-order valence-corrected chi connectivity index (χ3v) is 3.65. The number of halogens is 2. The van der Waals surface area contributed by atoms with E-state index in [0.717, 1.165) is 4.47 Å². The molecule has 0 aromatic heterocycles. The number of nitro groups is 1. The minimum Gasteiger partial charge on any atom is -0.398 e. The maximum atomic E-state index is 12.4. The van der Waals surface area contributed by atoms with Crippen LogP contribution in [0.15, 0.2) is 45.3 Å². The Labute approximate surface area is 131 Å². The molecule has 0 aliphatic rings. The molecule has 0 bridgehead atoms. The minimum atomic E-state index is -0.590. The number of nitrogens with two attached hydrogens (primary N) is 1. The second-order valence-electron chi connectivity index (χ2n) is 3.98. The average molecular weight is 400 g/mol. The lowest BCUT2D eigenvalue weighted by molar-refractivity contribution is -0.385. The van der Waals surface area contributed by atoms with Gasteiger partial charge in [0.2, 0.25) is 5.78 Å². The van der Waals surface area contributed by atoms with E-state index in [2.05, 4.69) is 31.9 Å². The molecule has 5 nitrogen and oxygen atoms in total. The smallest absolute Gasteiger partial charge is 0.281 e. The van der Waals surface area contributed by atoms with E-state index in [4.69, 9.17) is 5.73 Å². The number of nitro benzene ring substituents is 1. The predicted octanol–water partition coefficient (Wildman–Crippen LogP) is 3.93. The van der Waals surface area contributed by atoms with Crippen molar-refractivity contribution in [1.29, 1.82) is 0 Å². The topological polar surface area (TPSA) is 86.2 Å². The number of nitrogens with zero attached hydrogens (tertiary/aromatic N) is 1. The number of hydrogen-bond acceptors (Lipinski definition) is 4. The molecule has 2 N–H and O–H groups in total. The van der Waals surface area contributed by atoms with Crippen molar-refractivity contribution in [2.45, 2.75) is 0 Å². The van der Waals surface area contributed by atoms with Crippen molar-refractivity contribution in [2.75, 3.05) is 5.73 Å². The maximum Gasteiger partial charge on any atom is 0.281 e. The fourth-order valence-electron chi connectivity index (χ4n) is 1.73. The molecular weight excluding hydrogens is 392 g/mol. The molecule has 0 heterocycles. The van der Waals surface area contributed by atoms with Crippen LogP contribution in [0.3, 0.4) is 0 Å². The SMILES string of the molecule is Nc1cc(Br)ccc1C(=O)c1ccc(Br)cc1[N+](=O)[O-]. The molecular formula is C13H8Br2N2O3. The molecule has 0 spiro atoms. The molecule has 2 rings (SSSR count). The van der Waals surface area contributed by atoms with E-state index in [1.807, 2.05) is 0 Å². The Morgan fingerprint density at radius 2 is 1.60 bits per heavy atom. The molecule has 7 heteroatoms. The van der Waals surface area contributed by atoms with E-state index >= 15 is 0 Å². The monoisotopic (exact) mass is 398 g/mol. The van der Waals surface area contributed by atoms with E-state index in [-0.39, 0.29) is 22.5 Å². The highest BCUT2D eigenvalue weighted by molar-refractivity contribution is 9.10. The van der Waals surface area contributed by atoms with Crippen molar-refractivity contribution in [3.63, 3.8) is 0 Å². The first kappa shape index (κ1) is 14.7. The van der Waals surface area contributed by atoms with Crippen molar-refractivity contribution in [3.05, 3.63) is 66.6 Å². The number of nitrogen functional groups attached to an aromatic ring is 1. The Hall–Kier alpha value is -1.73. The molecule has 0 saturated heterocycles. The van der Waals surface area contributed by atoms with Gasteiger partial charge in [-0.25, -0.2) is 0 Å². The van der Waals surface area contributed by atoms with Gasteiger partial charge in [-0.3, -0.25) is 14.9 Å². The second-order valence-corrected chi connectivity index (χ2v) is 5.81. The van der Waals surface area contributed by atoms with Crippen molar-refractivity contribution in [3.8, 4) is 0 Å². The molecule has 20 heavy (non-hydrogen) atoms. The van der Waals surface area contributed by atoms with Gasteiger partial charge in [-0.05, 0) is 30.3 Å². The zero-order valence-corrected chi connectivity index (χ0v) is 13.1. The summed E-state index contributed by atoms with van der Waals surface area (Å²) in [4.78, 5) is 22.9. The van der Waals surface area contributed by atoms with E-state index < -0.39 is 10.7 Å². The Balaban J connectivity index is 2.56. The summed E-state index contributed by atoms with van der Waals surface area (Å²) in [7, 11) is 0. The molecule has 0 fully saturated rings. The largest absolute Gasteiger partial charge is 0.398 e. The van der Waals surface area contributed by atoms with Gasteiger partial charge in [0.15, 0.2) is 0 Å². The highest BCUT2D eigenvalue weighted by Gasteiger charge is 2.23. The Morgan fingerprint density at radius 3 is 2.15 bits per heavy atom. The Kier molecular flexibility index (Phi) is 4.20. The van der Waals surface area contributed by atoms with Crippen LogP contribution in [0.1, 0.15) is 15.9 Å². The lowest BCUT2D eigenvalue weighted by Crippen LogP contribution is -2.08. The standard InChI is InChI=1S/C13H8Br2N2O3/c14-7-1-3-9(11(16)5-7)13(18)10-4-2-8(15)6-12(10)17(19)20/h1-6H,16H2. The third kappa shape index (κ3) is 2.88. The van der Waals surface area contributed by atoms with Crippen LogP contribution in [0.4, 0.5) is 11.4 Å². The van der Waals surface area contributed by atoms with Crippen molar-refractivity contribution < 1.29 is 9.72 Å². The highest BCUT2D eigenvalue weighted by Crippen LogP contribution is 2.28. The zero-order chi connectivity index (χ0) is 14.9. The normalized spacial score (nSPS) is 10.3. The van der Waals surface area contributed by atoms with Crippen LogP contribution < -0.4 is 5.73 Å². The molecule has 0 aliphatic heterocycles. The van der Waals surface area contributed by atoms with Gasteiger partial charge in [-0.15, -0.1) is 0 Å². The molecule has 102 valence electrons. The summed E-state index contributed by atoms with van der Waals surface area (Å²) < 4.78 is 1.27. The summed E-state index contributed by atoms with van der Waals surface area (Å²) in [5.41, 5.74) is 6.03. The van der Waals surface area contributed by atoms with Crippen LogP contribution in [0.5, 0.6) is 0 Å². The number of carbonyl (C=O) groups is 1. The minimum absolute atomic E-state index is 0.00669. The van der Waals surface area contributed by atoms with Crippen LogP contribution in [0.25, 0.3) is 0 Å². The molecule has 0 unspecified atom stereocenters. The summed E-state index contributed by atoms with van der Waals surface area (Å²) in [6.45, 7) is 0. The molecule has 0 radical (unpaired) electrons. The molecule has 0 amide bonds. The lowest BCUT2D eigenvalue weighted by Gasteiger charge is -2.06. The highest BCUT2D eigenvalue weighted by atomic mass is 79.9. The van der Waals surface area contributed by atoms with Gasteiger partial charge in [0.1, 0.15) is 5.56 Å². The Bertz CT molecular complexity index is 717. The zero-order valence-electron chi connectivity index (χ0n) is 9.97. The van der Waals surface area contributed by atoms with Gasteiger partial charge in [0, 0.05) is 26.3 Å².